The number of nitrogens with one attached hydrogen (secondary N) is 2. The first-order valence-electron chi connectivity index (χ1n) is 7.81. The number of guanidine groups is 1. The van der Waals surface area contributed by atoms with Gasteiger partial charge in [0.05, 0.1) is 12.1 Å². The third-order valence-corrected chi connectivity index (χ3v) is 3.73. The highest BCUT2D eigenvalue weighted by Gasteiger charge is 2.05. The van der Waals surface area contributed by atoms with Gasteiger partial charge in [-0.3, -0.25) is 4.79 Å². The topological polar surface area (TPSA) is 88.7 Å². The van der Waals surface area contributed by atoms with E-state index >= 15 is 0 Å². The number of amides is 1. The van der Waals surface area contributed by atoms with Crippen molar-refractivity contribution in [1.29, 1.82) is 0 Å². The average Bonchev–Trinajstić information content (AvgIpc) is 2.60. The Kier molecular flexibility index (Phi) is 6.65. The minimum Gasteiger partial charge on any atom is -0.495 e. The molecule has 0 saturated heterocycles. The summed E-state index contributed by atoms with van der Waals surface area (Å²) in [5.74, 6) is 0.445. The highest BCUT2D eigenvalue weighted by Crippen LogP contribution is 2.27. The molecule has 0 saturated carbocycles. The number of ether oxygens (including phenoxy) is 1. The number of carbonyl (C=O) groups is 1. The summed E-state index contributed by atoms with van der Waals surface area (Å²) < 4.78 is 5.08. The predicted molar refractivity (Wildman–Crippen MR) is 103 cm³/mol. The summed E-state index contributed by atoms with van der Waals surface area (Å²) >= 11 is 6.05. The minimum absolute atomic E-state index is 0.0843. The van der Waals surface area contributed by atoms with E-state index in [1.54, 1.807) is 25.3 Å². The molecule has 2 aromatic carbocycles. The van der Waals surface area contributed by atoms with Crippen LogP contribution in [0.25, 0.3) is 0 Å². The van der Waals surface area contributed by atoms with E-state index in [0.717, 1.165) is 17.7 Å². The van der Waals surface area contributed by atoms with Gasteiger partial charge in [0.25, 0.3) is 0 Å². The highest BCUT2D eigenvalue weighted by atomic mass is 35.5. The van der Waals surface area contributed by atoms with E-state index in [0.29, 0.717) is 16.5 Å². The van der Waals surface area contributed by atoms with Gasteiger partial charge in [0.2, 0.25) is 5.91 Å². The molecular weight excluding hydrogens is 340 g/mol. The third kappa shape index (κ3) is 5.69. The molecule has 7 heteroatoms. The van der Waals surface area contributed by atoms with Crippen molar-refractivity contribution in [1.82, 2.24) is 0 Å². The molecule has 0 atom stereocenters. The fourth-order valence-corrected chi connectivity index (χ4v) is 2.42. The number of carbonyl (C=O) groups excluding carboxylic acids is 1. The number of halogens is 1. The molecule has 25 heavy (non-hydrogen) atoms. The second kappa shape index (κ2) is 8.94. The summed E-state index contributed by atoms with van der Waals surface area (Å²) in [5, 5.41) is 6.12. The van der Waals surface area contributed by atoms with E-state index in [2.05, 4.69) is 22.5 Å². The fraction of sp³-hybridized carbons (Fsp3) is 0.222. The van der Waals surface area contributed by atoms with Gasteiger partial charge in [-0.05, 0) is 42.3 Å². The smallest absolute Gasteiger partial charge is 0.246 e. The van der Waals surface area contributed by atoms with Crippen LogP contribution >= 0.6 is 11.6 Å². The number of benzene rings is 2. The van der Waals surface area contributed by atoms with Crippen molar-refractivity contribution < 1.29 is 9.53 Å². The maximum absolute atomic E-state index is 12.0. The molecule has 0 unspecified atom stereocenters. The Labute approximate surface area is 152 Å². The van der Waals surface area contributed by atoms with Crippen molar-refractivity contribution in [3.05, 3.63) is 53.1 Å². The maximum atomic E-state index is 12.0. The molecule has 0 aliphatic rings. The molecule has 1 amide bonds. The van der Waals surface area contributed by atoms with Crippen LogP contribution < -0.4 is 21.1 Å². The molecule has 0 heterocycles. The molecular formula is C18H21ClN4O2. The Morgan fingerprint density at radius 1 is 1.20 bits per heavy atom. The van der Waals surface area contributed by atoms with Crippen molar-refractivity contribution in [3.63, 3.8) is 0 Å². The molecule has 6 nitrogen and oxygen atoms in total. The molecule has 0 radical (unpaired) electrons. The lowest BCUT2D eigenvalue weighted by molar-refractivity contribution is -0.114. The zero-order chi connectivity index (χ0) is 18.2. The molecule has 132 valence electrons. The van der Waals surface area contributed by atoms with E-state index in [4.69, 9.17) is 22.1 Å². The molecule has 2 aromatic rings. The van der Waals surface area contributed by atoms with Crippen LogP contribution in [0.5, 0.6) is 5.75 Å². The Bertz CT molecular complexity index is 777. The number of anilines is 2. The number of nitrogens with zero attached hydrogens (tertiary/aromatic N) is 1. The number of nitrogens with two attached hydrogens (primary N) is 1. The standard InChI is InChI=1S/C18H21ClN4O2/c1-3-12-5-4-6-13(9-12)22-17(24)11-21-18(20)23-14-7-8-16(25-2)15(19)10-14/h4-10H,3,11H2,1-2H3,(H,22,24)(H3,20,21,23). The number of methoxy groups -OCH3 is 1. The van der Waals surface area contributed by atoms with E-state index in [9.17, 15) is 4.79 Å². The average molecular weight is 361 g/mol. The first-order chi connectivity index (χ1) is 12.0. The quantitative estimate of drug-likeness (QED) is 0.545. The number of hydrogen-bond acceptors (Lipinski definition) is 3. The first-order valence-corrected chi connectivity index (χ1v) is 8.19. The highest BCUT2D eigenvalue weighted by molar-refractivity contribution is 6.32. The van der Waals surface area contributed by atoms with Crippen LogP contribution in [0.1, 0.15) is 12.5 Å². The Hall–Kier alpha value is -2.73. The van der Waals surface area contributed by atoms with Crippen LogP contribution in [-0.4, -0.2) is 25.5 Å². The number of rotatable bonds is 6. The molecule has 0 spiro atoms. The van der Waals surface area contributed by atoms with Gasteiger partial charge < -0.3 is 21.1 Å². The van der Waals surface area contributed by atoms with Crippen LogP contribution in [0, 0.1) is 0 Å². The van der Waals surface area contributed by atoms with Gasteiger partial charge in [-0.25, -0.2) is 4.99 Å². The van der Waals surface area contributed by atoms with Crippen LogP contribution in [0.2, 0.25) is 5.02 Å². The Balaban J connectivity index is 1.91. The third-order valence-electron chi connectivity index (χ3n) is 3.44. The normalized spacial score (nSPS) is 11.1. The van der Waals surface area contributed by atoms with E-state index in [1.807, 2.05) is 24.3 Å². The van der Waals surface area contributed by atoms with Crippen molar-refractivity contribution in [3.8, 4) is 5.75 Å². The molecule has 0 aliphatic heterocycles. The molecule has 4 N–H and O–H groups in total. The van der Waals surface area contributed by atoms with E-state index in [-0.39, 0.29) is 18.4 Å². The van der Waals surface area contributed by atoms with Gasteiger partial charge in [-0.1, -0.05) is 30.7 Å². The fourth-order valence-electron chi connectivity index (χ4n) is 2.16. The summed E-state index contributed by atoms with van der Waals surface area (Å²) in [7, 11) is 1.54. The van der Waals surface area contributed by atoms with Gasteiger partial charge in [-0.2, -0.15) is 0 Å². The summed E-state index contributed by atoms with van der Waals surface area (Å²) in [6.45, 7) is 1.97. The zero-order valence-corrected chi connectivity index (χ0v) is 14.9. The summed E-state index contributed by atoms with van der Waals surface area (Å²) in [6, 6.07) is 12.8. The lowest BCUT2D eigenvalue weighted by Crippen LogP contribution is -2.25. The monoisotopic (exact) mass is 360 g/mol. The first kappa shape index (κ1) is 18.6. The molecule has 2 rings (SSSR count). The summed E-state index contributed by atoms with van der Waals surface area (Å²) in [6.07, 6.45) is 0.906. The van der Waals surface area contributed by atoms with Gasteiger partial charge in [0.1, 0.15) is 12.3 Å². The lowest BCUT2D eigenvalue weighted by atomic mass is 10.1. The molecule has 0 fully saturated rings. The van der Waals surface area contributed by atoms with Crippen LogP contribution in [0.15, 0.2) is 47.5 Å². The van der Waals surface area contributed by atoms with Gasteiger partial charge >= 0.3 is 0 Å². The Morgan fingerprint density at radius 2 is 1.96 bits per heavy atom. The van der Waals surface area contributed by atoms with Gasteiger partial charge in [0.15, 0.2) is 5.96 Å². The van der Waals surface area contributed by atoms with Crippen LogP contribution in [0.4, 0.5) is 11.4 Å². The van der Waals surface area contributed by atoms with Crippen LogP contribution in [-0.2, 0) is 11.2 Å². The predicted octanol–water partition coefficient (Wildman–Crippen LogP) is 3.28. The van der Waals surface area contributed by atoms with E-state index in [1.165, 1.54) is 0 Å². The zero-order valence-electron chi connectivity index (χ0n) is 14.2. The largest absolute Gasteiger partial charge is 0.495 e. The lowest BCUT2D eigenvalue weighted by Gasteiger charge is -2.09. The molecule has 0 aliphatic carbocycles. The minimum atomic E-state index is -0.245. The number of aryl methyl sites for hydroxylation is 1. The van der Waals surface area contributed by atoms with Crippen molar-refractivity contribution in [2.24, 2.45) is 10.7 Å². The number of aliphatic imine (C=N–C) groups is 1. The number of hydrogen-bond donors (Lipinski definition) is 3. The van der Waals surface area contributed by atoms with Gasteiger partial charge in [-0.15, -0.1) is 0 Å². The van der Waals surface area contributed by atoms with E-state index < -0.39 is 0 Å². The summed E-state index contributed by atoms with van der Waals surface area (Å²) in [5.41, 5.74) is 8.35. The van der Waals surface area contributed by atoms with Gasteiger partial charge in [0, 0.05) is 11.4 Å². The second-order valence-corrected chi connectivity index (χ2v) is 5.69. The SMILES string of the molecule is CCc1cccc(NC(=O)CN=C(N)Nc2ccc(OC)c(Cl)c2)c1. The Morgan fingerprint density at radius 3 is 2.64 bits per heavy atom. The van der Waals surface area contributed by atoms with Crippen molar-refractivity contribution >= 4 is 34.8 Å². The maximum Gasteiger partial charge on any atom is 0.246 e. The van der Waals surface area contributed by atoms with Crippen molar-refractivity contribution in [2.75, 3.05) is 24.3 Å². The second-order valence-electron chi connectivity index (χ2n) is 5.28. The van der Waals surface area contributed by atoms with Crippen molar-refractivity contribution in [2.45, 2.75) is 13.3 Å². The summed E-state index contributed by atoms with van der Waals surface area (Å²) in [4.78, 5) is 16.0. The molecule has 0 bridgehead atoms. The molecule has 0 aromatic heterocycles. The van der Waals surface area contributed by atoms with Crippen LogP contribution in [0.3, 0.4) is 0 Å².